The van der Waals surface area contributed by atoms with Crippen LogP contribution in [0.2, 0.25) is 0 Å². The van der Waals surface area contributed by atoms with Crippen LogP contribution in [0.25, 0.3) is 11.0 Å². The van der Waals surface area contributed by atoms with Crippen molar-refractivity contribution in [3.05, 3.63) is 30.1 Å². The van der Waals surface area contributed by atoms with Crippen LogP contribution in [0.15, 0.2) is 24.3 Å². The first-order valence-corrected chi connectivity index (χ1v) is 8.27. The summed E-state index contributed by atoms with van der Waals surface area (Å²) in [7, 11) is 0. The standard InChI is InChI=1S/C18H26N4O2/c1-6-15(23)19-12(2)17-20-13-9-7-8-10-14(13)22(17)11-16(24)21-18(3,4)5/h7-10,12H,6,11H2,1-5H3,(H,19,23)(H,21,24). The SMILES string of the molecule is CCC(=O)NC(C)c1nc2ccccc2n1CC(=O)NC(C)(C)C. The first-order chi connectivity index (χ1) is 11.2. The van der Waals surface area contributed by atoms with Crippen molar-refractivity contribution >= 4 is 22.8 Å². The van der Waals surface area contributed by atoms with Crippen LogP contribution in [0.1, 0.15) is 52.9 Å². The van der Waals surface area contributed by atoms with Gasteiger partial charge in [-0.1, -0.05) is 19.1 Å². The highest BCUT2D eigenvalue weighted by molar-refractivity contribution is 5.82. The molecule has 2 aromatic rings. The maximum absolute atomic E-state index is 12.4. The van der Waals surface area contributed by atoms with E-state index in [-0.39, 0.29) is 29.9 Å². The van der Waals surface area contributed by atoms with Gasteiger partial charge in [0.15, 0.2) is 0 Å². The molecule has 130 valence electrons. The lowest BCUT2D eigenvalue weighted by molar-refractivity contribution is -0.123. The molecule has 2 N–H and O–H groups in total. The van der Waals surface area contributed by atoms with Gasteiger partial charge in [0.25, 0.3) is 0 Å². The number of carbonyl (C=O) groups is 2. The summed E-state index contributed by atoms with van der Waals surface area (Å²) >= 11 is 0. The number of amides is 2. The molecule has 1 atom stereocenters. The summed E-state index contributed by atoms with van der Waals surface area (Å²) in [6.07, 6.45) is 0.412. The molecule has 24 heavy (non-hydrogen) atoms. The van der Waals surface area contributed by atoms with E-state index >= 15 is 0 Å². The van der Waals surface area contributed by atoms with Crippen molar-refractivity contribution in [3.63, 3.8) is 0 Å². The molecule has 0 saturated carbocycles. The van der Waals surface area contributed by atoms with Crippen molar-refractivity contribution in [2.75, 3.05) is 0 Å². The highest BCUT2D eigenvalue weighted by Crippen LogP contribution is 2.21. The van der Waals surface area contributed by atoms with Gasteiger partial charge in [-0.3, -0.25) is 9.59 Å². The van der Waals surface area contributed by atoms with Gasteiger partial charge in [-0.15, -0.1) is 0 Å². The molecule has 0 spiro atoms. The van der Waals surface area contributed by atoms with E-state index in [1.807, 2.05) is 63.5 Å². The number of imidazole rings is 1. The highest BCUT2D eigenvalue weighted by Gasteiger charge is 2.21. The molecule has 0 saturated heterocycles. The number of carbonyl (C=O) groups excluding carboxylic acids is 2. The van der Waals surface area contributed by atoms with E-state index in [0.717, 1.165) is 11.0 Å². The van der Waals surface area contributed by atoms with E-state index < -0.39 is 0 Å². The Morgan fingerprint density at radius 3 is 2.50 bits per heavy atom. The molecule has 0 radical (unpaired) electrons. The van der Waals surface area contributed by atoms with Crippen LogP contribution in [0.4, 0.5) is 0 Å². The Morgan fingerprint density at radius 2 is 1.88 bits per heavy atom. The summed E-state index contributed by atoms with van der Waals surface area (Å²) in [5, 5.41) is 5.88. The van der Waals surface area contributed by atoms with Gasteiger partial charge in [0.05, 0.1) is 17.1 Å². The van der Waals surface area contributed by atoms with Crippen molar-refractivity contribution in [3.8, 4) is 0 Å². The van der Waals surface area contributed by atoms with Crippen molar-refractivity contribution < 1.29 is 9.59 Å². The summed E-state index contributed by atoms with van der Waals surface area (Å²) < 4.78 is 1.87. The second-order valence-corrected chi connectivity index (χ2v) is 6.99. The minimum atomic E-state index is -0.296. The van der Waals surface area contributed by atoms with Gasteiger partial charge in [0.1, 0.15) is 12.4 Å². The molecule has 1 aromatic heterocycles. The fourth-order valence-corrected chi connectivity index (χ4v) is 2.60. The average molecular weight is 330 g/mol. The fourth-order valence-electron chi connectivity index (χ4n) is 2.60. The minimum absolute atomic E-state index is 0.0414. The molecular weight excluding hydrogens is 304 g/mol. The number of rotatable bonds is 5. The van der Waals surface area contributed by atoms with Gasteiger partial charge < -0.3 is 15.2 Å². The Balaban J connectivity index is 2.36. The highest BCUT2D eigenvalue weighted by atomic mass is 16.2. The van der Waals surface area contributed by atoms with E-state index in [1.165, 1.54) is 0 Å². The molecule has 6 heteroatoms. The zero-order valence-electron chi connectivity index (χ0n) is 15.0. The average Bonchev–Trinajstić information content (AvgIpc) is 2.84. The quantitative estimate of drug-likeness (QED) is 0.884. The van der Waals surface area contributed by atoms with Gasteiger partial charge in [-0.25, -0.2) is 4.98 Å². The normalized spacial score (nSPS) is 12.9. The van der Waals surface area contributed by atoms with Gasteiger partial charge in [-0.2, -0.15) is 0 Å². The van der Waals surface area contributed by atoms with Crippen molar-refractivity contribution in [1.82, 2.24) is 20.2 Å². The van der Waals surface area contributed by atoms with Crippen LogP contribution in [0.3, 0.4) is 0 Å². The largest absolute Gasteiger partial charge is 0.350 e. The smallest absolute Gasteiger partial charge is 0.240 e. The molecule has 0 fully saturated rings. The first kappa shape index (κ1) is 18.0. The molecule has 1 aromatic carbocycles. The Labute approximate surface area is 142 Å². The van der Waals surface area contributed by atoms with E-state index in [9.17, 15) is 9.59 Å². The molecule has 0 aliphatic rings. The zero-order chi connectivity index (χ0) is 17.9. The molecule has 1 unspecified atom stereocenters. The third kappa shape index (κ3) is 4.34. The molecule has 1 heterocycles. The molecule has 6 nitrogen and oxygen atoms in total. The summed E-state index contributed by atoms with van der Waals surface area (Å²) in [4.78, 5) is 28.7. The molecule has 0 aliphatic heterocycles. The molecular formula is C18H26N4O2. The van der Waals surface area contributed by atoms with Crippen LogP contribution in [-0.4, -0.2) is 26.9 Å². The summed E-state index contributed by atoms with van der Waals surface area (Å²) in [5.74, 6) is 0.559. The van der Waals surface area contributed by atoms with E-state index in [4.69, 9.17) is 0 Å². The third-order valence-corrected chi connectivity index (χ3v) is 3.59. The maximum atomic E-state index is 12.4. The number of nitrogens with zero attached hydrogens (tertiary/aromatic N) is 2. The van der Waals surface area contributed by atoms with Crippen LogP contribution >= 0.6 is 0 Å². The van der Waals surface area contributed by atoms with Crippen LogP contribution in [0, 0.1) is 0 Å². The third-order valence-electron chi connectivity index (χ3n) is 3.59. The summed E-state index contributed by atoms with van der Waals surface area (Å²) in [5.41, 5.74) is 1.40. The van der Waals surface area contributed by atoms with Crippen molar-refractivity contribution in [1.29, 1.82) is 0 Å². The van der Waals surface area contributed by atoms with Gasteiger partial charge in [-0.05, 0) is 39.8 Å². The van der Waals surface area contributed by atoms with E-state index in [0.29, 0.717) is 12.2 Å². The summed E-state index contributed by atoms with van der Waals surface area (Å²) in [6, 6.07) is 7.40. The first-order valence-electron chi connectivity index (χ1n) is 8.27. The lowest BCUT2D eigenvalue weighted by Gasteiger charge is -2.22. The maximum Gasteiger partial charge on any atom is 0.240 e. The monoisotopic (exact) mass is 330 g/mol. The Morgan fingerprint density at radius 1 is 1.21 bits per heavy atom. The fraction of sp³-hybridized carbons (Fsp3) is 0.500. The Kier molecular flexibility index (Phi) is 5.26. The molecule has 2 amide bonds. The number of hydrogen-bond acceptors (Lipinski definition) is 3. The molecule has 0 bridgehead atoms. The number of fused-ring (bicyclic) bond motifs is 1. The van der Waals surface area contributed by atoms with Gasteiger partial charge in [0, 0.05) is 12.0 Å². The van der Waals surface area contributed by atoms with Crippen molar-refractivity contribution in [2.24, 2.45) is 0 Å². The second kappa shape index (κ2) is 7.03. The molecule has 0 aliphatic carbocycles. The van der Waals surface area contributed by atoms with E-state index in [1.54, 1.807) is 0 Å². The van der Waals surface area contributed by atoms with Crippen LogP contribution < -0.4 is 10.6 Å². The number of benzene rings is 1. The lowest BCUT2D eigenvalue weighted by atomic mass is 10.1. The number of hydrogen-bond donors (Lipinski definition) is 2. The molecule has 2 rings (SSSR count). The number of nitrogens with one attached hydrogen (secondary N) is 2. The van der Waals surface area contributed by atoms with Gasteiger partial charge in [0.2, 0.25) is 11.8 Å². The van der Waals surface area contributed by atoms with E-state index in [2.05, 4.69) is 15.6 Å². The van der Waals surface area contributed by atoms with Crippen molar-refractivity contribution in [2.45, 2.75) is 59.2 Å². The van der Waals surface area contributed by atoms with Crippen LogP contribution in [-0.2, 0) is 16.1 Å². The number of para-hydroxylation sites is 2. The Bertz CT molecular complexity index is 743. The summed E-state index contributed by atoms with van der Waals surface area (Å²) in [6.45, 7) is 9.69. The van der Waals surface area contributed by atoms with Crippen LogP contribution in [0.5, 0.6) is 0 Å². The van der Waals surface area contributed by atoms with Gasteiger partial charge >= 0.3 is 0 Å². The topological polar surface area (TPSA) is 76.0 Å². The predicted molar refractivity (Wildman–Crippen MR) is 94.5 cm³/mol. The second-order valence-electron chi connectivity index (χ2n) is 6.99. The predicted octanol–water partition coefficient (Wildman–Crippen LogP) is 2.54. The zero-order valence-corrected chi connectivity index (χ0v) is 15.0. The Hall–Kier alpha value is -2.37. The number of aromatic nitrogens is 2. The minimum Gasteiger partial charge on any atom is -0.350 e. The lowest BCUT2D eigenvalue weighted by Crippen LogP contribution is -2.42.